The molecule has 1 unspecified atom stereocenters. The van der Waals surface area contributed by atoms with E-state index in [4.69, 9.17) is 5.11 Å². The van der Waals surface area contributed by atoms with Gasteiger partial charge in [-0.3, -0.25) is 9.69 Å². The maximum absolute atomic E-state index is 12.2. The first-order valence-corrected chi connectivity index (χ1v) is 6.60. The lowest BCUT2D eigenvalue weighted by atomic mass is 10.1. The van der Waals surface area contributed by atoms with Crippen molar-refractivity contribution in [2.45, 2.75) is 19.4 Å². The lowest BCUT2D eigenvalue weighted by molar-refractivity contribution is -0.133. The predicted molar refractivity (Wildman–Crippen MR) is 76.4 cm³/mol. The Labute approximate surface area is 117 Å². The van der Waals surface area contributed by atoms with Gasteiger partial charge in [0.15, 0.2) is 0 Å². The second-order valence-electron chi connectivity index (χ2n) is 4.82. The quantitative estimate of drug-likeness (QED) is 0.877. The van der Waals surface area contributed by atoms with Gasteiger partial charge < -0.3 is 10.4 Å². The standard InChI is InChI=1S/C15H18N2O3/c1-11(14(18)16-13-7-3-2-4-8-13)17-9-5-6-12(10-17)15(19)20/h2-4,6-8,11H,5,9-10H2,1H3,(H,16,18)(H,19,20). The number of benzene rings is 1. The molecule has 1 heterocycles. The second kappa shape index (κ2) is 6.34. The van der Waals surface area contributed by atoms with E-state index in [0.717, 1.165) is 5.69 Å². The highest BCUT2D eigenvalue weighted by Crippen LogP contribution is 2.14. The van der Waals surface area contributed by atoms with Crippen molar-refractivity contribution in [1.82, 2.24) is 4.90 Å². The summed E-state index contributed by atoms with van der Waals surface area (Å²) in [6, 6.07) is 8.87. The van der Waals surface area contributed by atoms with Crippen LogP contribution in [0.4, 0.5) is 5.69 Å². The minimum absolute atomic E-state index is 0.122. The molecule has 1 aliphatic rings. The first kappa shape index (κ1) is 14.3. The molecule has 0 bridgehead atoms. The van der Waals surface area contributed by atoms with Gasteiger partial charge >= 0.3 is 5.97 Å². The molecule has 1 amide bonds. The SMILES string of the molecule is CC(C(=O)Nc1ccccc1)N1CCC=C(C(=O)O)C1. The van der Waals surface area contributed by atoms with E-state index in [0.29, 0.717) is 25.1 Å². The van der Waals surface area contributed by atoms with Crippen molar-refractivity contribution in [2.24, 2.45) is 0 Å². The number of aliphatic carboxylic acids is 1. The minimum atomic E-state index is -0.912. The number of anilines is 1. The Balaban J connectivity index is 1.97. The van der Waals surface area contributed by atoms with Gasteiger partial charge in [0.05, 0.1) is 6.04 Å². The summed E-state index contributed by atoms with van der Waals surface area (Å²) in [6.07, 6.45) is 2.38. The van der Waals surface area contributed by atoms with Crippen molar-refractivity contribution in [1.29, 1.82) is 0 Å². The number of para-hydroxylation sites is 1. The largest absolute Gasteiger partial charge is 0.478 e. The fourth-order valence-corrected chi connectivity index (χ4v) is 2.19. The van der Waals surface area contributed by atoms with Gasteiger partial charge in [0, 0.05) is 24.4 Å². The lowest BCUT2D eigenvalue weighted by Gasteiger charge is -2.30. The Morgan fingerprint density at radius 1 is 1.30 bits per heavy atom. The van der Waals surface area contributed by atoms with Gasteiger partial charge in [-0.05, 0) is 25.5 Å². The minimum Gasteiger partial charge on any atom is -0.478 e. The number of carbonyl (C=O) groups excluding carboxylic acids is 1. The molecule has 20 heavy (non-hydrogen) atoms. The molecule has 0 fully saturated rings. The predicted octanol–water partition coefficient (Wildman–Crippen LogP) is 1.73. The molecule has 1 aromatic rings. The molecule has 2 N–H and O–H groups in total. The van der Waals surface area contributed by atoms with E-state index in [2.05, 4.69) is 5.32 Å². The molecule has 106 valence electrons. The van der Waals surface area contributed by atoms with Crippen LogP contribution in [0.1, 0.15) is 13.3 Å². The van der Waals surface area contributed by atoms with Gasteiger partial charge in [-0.2, -0.15) is 0 Å². The molecule has 0 saturated heterocycles. The van der Waals surface area contributed by atoms with Crippen LogP contribution in [0.5, 0.6) is 0 Å². The first-order chi connectivity index (χ1) is 9.58. The van der Waals surface area contributed by atoms with E-state index >= 15 is 0 Å². The summed E-state index contributed by atoms with van der Waals surface area (Å²) in [5.74, 6) is -1.03. The van der Waals surface area contributed by atoms with E-state index in [1.54, 1.807) is 13.0 Å². The van der Waals surface area contributed by atoms with Crippen molar-refractivity contribution < 1.29 is 14.7 Å². The Bertz CT molecular complexity index is 525. The van der Waals surface area contributed by atoms with Crippen LogP contribution in [0.3, 0.4) is 0 Å². The number of hydrogen-bond acceptors (Lipinski definition) is 3. The highest BCUT2D eigenvalue weighted by atomic mass is 16.4. The highest BCUT2D eigenvalue weighted by molar-refractivity contribution is 5.94. The fourth-order valence-electron chi connectivity index (χ4n) is 2.19. The average Bonchev–Trinajstić information content (AvgIpc) is 2.47. The summed E-state index contributed by atoms with van der Waals surface area (Å²) in [5.41, 5.74) is 1.10. The zero-order chi connectivity index (χ0) is 14.5. The lowest BCUT2D eigenvalue weighted by Crippen LogP contribution is -2.45. The van der Waals surface area contributed by atoms with E-state index in [9.17, 15) is 9.59 Å². The smallest absolute Gasteiger partial charge is 0.332 e. The third-order valence-corrected chi connectivity index (χ3v) is 3.42. The molecule has 0 aromatic heterocycles. The van der Waals surface area contributed by atoms with Crippen LogP contribution < -0.4 is 5.32 Å². The Morgan fingerprint density at radius 2 is 2.00 bits per heavy atom. The number of nitrogens with zero attached hydrogens (tertiary/aromatic N) is 1. The first-order valence-electron chi connectivity index (χ1n) is 6.60. The maximum Gasteiger partial charge on any atom is 0.332 e. The van der Waals surface area contributed by atoms with Crippen molar-refractivity contribution >= 4 is 17.6 Å². The highest BCUT2D eigenvalue weighted by Gasteiger charge is 2.25. The molecular formula is C15H18N2O3. The molecule has 1 aromatic carbocycles. The monoisotopic (exact) mass is 274 g/mol. The summed E-state index contributed by atoms with van der Waals surface area (Å²) in [7, 11) is 0. The fraction of sp³-hybridized carbons (Fsp3) is 0.333. The van der Waals surface area contributed by atoms with E-state index in [1.807, 2.05) is 35.2 Å². The van der Waals surface area contributed by atoms with Crippen LogP contribution in [-0.2, 0) is 9.59 Å². The second-order valence-corrected chi connectivity index (χ2v) is 4.82. The zero-order valence-electron chi connectivity index (χ0n) is 11.4. The van der Waals surface area contributed by atoms with Crippen LogP contribution in [0.2, 0.25) is 0 Å². The number of carboxylic acids is 1. The Kier molecular flexibility index (Phi) is 4.53. The van der Waals surface area contributed by atoms with Crippen molar-refractivity contribution in [3.05, 3.63) is 42.0 Å². The summed E-state index contributed by atoms with van der Waals surface area (Å²) >= 11 is 0. The van der Waals surface area contributed by atoms with Crippen LogP contribution in [0, 0.1) is 0 Å². The molecule has 0 radical (unpaired) electrons. The van der Waals surface area contributed by atoms with Gasteiger partial charge in [-0.25, -0.2) is 4.79 Å². The maximum atomic E-state index is 12.2. The van der Waals surface area contributed by atoms with Gasteiger partial charge in [-0.1, -0.05) is 24.3 Å². The van der Waals surface area contributed by atoms with Gasteiger partial charge in [0.25, 0.3) is 0 Å². The molecule has 0 aliphatic carbocycles. The molecule has 0 spiro atoms. The van der Waals surface area contributed by atoms with E-state index < -0.39 is 5.97 Å². The van der Waals surface area contributed by atoms with Crippen LogP contribution in [0.25, 0.3) is 0 Å². The number of amides is 1. The number of nitrogens with one attached hydrogen (secondary N) is 1. The summed E-state index contributed by atoms with van der Waals surface area (Å²) < 4.78 is 0. The number of hydrogen-bond donors (Lipinski definition) is 2. The average molecular weight is 274 g/mol. The van der Waals surface area contributed by atoms with Crippen LogP contribution in [-0.4, -0.2) is 41.0 Å². The van der Waals surface area contributed by atoms with Crippen LogP contribution >= 0.6 is 0 Å². The summed E-state index contributed by atoms with van der Waals surface area (Å²) in [5, 5.41) is 11.9. The van der Waals surface area contributed by atoms with Gasteiger partial charge in [-0.15, -0.1) is 0 Å². The van der Waals surface area contributed by atoms with E-state index in [-0.39, 0.29) is 11.9 Å². The van der Waals surface area contributed by atoms with E-state index in [1.165, 1.54) is 0 Å². The molecule has 2 rings (SSSR count). The molecule has 5 heteroatoms. The van der Waals surface area contributed by atoms with Gasteiger partial charge in [0.2, 0.25) is 5.91 Å². The third kappa shape index (κ3) is 3.45. The number of rotatable bonds is 4. The van der Waals surface area contributed by atoms with Crippen molar-refractivity contribution in [3.63, 3.8) is 0 Å². The summed E-state index contributed by atoms with van der Waals surface area (Å²) in [4.78, 5) is 25.0. The molecule has 5 nitrogen and oxygen atoms in total. The number of carboxylic acid groups (broad SMARTS) is 1. The third-order valence-electron chi connectivity index (χ3n) is 3.42. The van der Waals surface area contributed by atoms with Crippen molar-refractivity contribution in [2.75, 3.05) is 18.4 Å². The summed E-state index contributed by atoms with van der Waals surface area (Å²) in [6.45, 7) is 2.79. The molecule has 0 saturated carbocycles. The Hall–Kier alpha value is -2.14. The topological polar surface area (TPSA) is 69.6 Å². The van der Waals surface area contributed by atoms with Gasteiger partial charge in [0.1, 0.15) is 0 Å². The van der Waals surface area contributed by atoms with Crippen LogP contribution in [0.15, 0.2) is 42.0 Å². The normalized spacial score (nSPS) is 17.1. The molecule has 1 atom stereocenters. The number of carbonyl (C=O) groups is 2. The van der Waals surface area contributed by atoms with Crippen molar-refractivity contribution in [3.8, 4) is 0 Å². The molecular weight excluding hydrogens is 256 g/mol. The molecule has 1 aliphatic heterocycles. The Morgan fingerprint density at radius 3 is 2.65 bits per heavy atom. The zero-order valence-corrected chi connectivity index (χ0v) is 11.4.